The molecule has 1 saturated heterocycles. The molecular formula is C25H26Cl2N2O. The minimum absolute atomic E-state index is 0.460. The van der Waals surface area contributed by atoms with Crippen LogP contribution >= 0.6 is 23.2 Å². The highest BCUT2D eigenvalue weighted by Crippen LogP contribution is 2.35. The lowest BCUT2D eigenvalue weighted by molar-refractivity contribution is 0.133. The molecule has 0 bridgehead atoms. The number of aromatic nitrogens is 1. The van der Waals surface area contributed by atoms with Gasteiger partial charge in [0.2, 0.25) is 5.88 Å². The summed E-state index contributed by atoms with van der Waals surface area (Å²) in [4.78, 5) is 6.79. The Morgan fingerprint density at radius 3 is 2.43 bits per heavy atom. The van der Waals surface area contributed by atoms with Crippen LogP contribution in [-0.4, -0.2) is 29.6 Å². The van der Waals surface area contributed by atoms with E-state index < -0.39 is 0 Å². The van der Waals surface area contributed by atoms with Crippen molar-refractivity contribution in [1.29, 1.82) is 0 Å². The average Bonchev–Trinajstić information content (AvgIpc) is 2.77. The molecule has 156 valence electrons. The predicted octanol–water partition coefficient (Wildman–Crippen LogP) is 6.46. The summed E-state index contributed by atoms with van der Waals surface area (Å²) in [7, 11) is 0. The summed E-state index contributed by atoms with van der Waals surface area (Å²) in [5.41, 5.74) is 2.72. The molecule has 4 rings (SSSR count). The maximum atomic E-state index is 6.14. The van der Waals surface area contributed by atoms with Crippen molar-refractivity contribution in [3.05, 3.63) is 94.1 Å². The molecule has 0 N–H and O–H groups in total. The predicted molar refractivity (Wildman–Crippen MR) is 123 cm³/mol. The van der Waals surface area contributed by atoms with Gasteiger partial charge in [-0.1, -0.05) is 65.7 Å². The molecule has 2 atom stereocenters. The van der Waals surface area contributed by atoms with Gasteiger partial charge in [-0.3, -0.25) is 4.90 Å². The number of rotatable bonds is 7. The molecule has 2 heterocycles. The Morgan fingerprint density at radius 2 is 1.70 bits per heavy atom. The summed E-state index contributed by atoms with van der Waals surface area (Å²) in [6, 6.07) is 22.7. The van der Waals surface area contributed by atoms with Gasteiger partial charge in [0.05, 0.1) is 11.6 Å². The first-order valence-electron chi connectivity index (χ1n) is 10.4. The van der Waals surface area contributed by atoms with Crippen molar-refractivity contribution in [3.8, 4) is 5.88 Å². The van der Waals surface area contributed by atoms with Crippen molar-refractivity contribution in [2.45, 2.75) is 25.3 Å². The summed E-state index contributed by atoms with van der Waals surface area (Å²) >= 11 is 12.0. The van der Waals surface area contributed by atoms with Crippen molar-refractivity contribution in [3.63, 3.8) is 0 Å². The number of hydrogen-bond donors (Lipinski definition) is 0. The van der Waals surface area contributed by atoms with Crippen LogP contribution in [0.5, 0.6) is 5.88 Å². The number of hydrogen-bond acceptors (Lipinski definition) is 3. The van der Waals surface area contributed by atoms with Crippen LogP contribution in [0.4, 0.5) is 0 Å². The smallest absolute Gasteiger partial charge is 0.213 e. The van der Waals surface area contributed by atoms with Gasteiger partial charge in [-0.2, -0.15) is 0 Å². The van der Waals surface area contributed by atoms with Gasteiger partial charge in [-0.25, -0.2) is 4.98 Å². The van der Waals surface area contributed by atoms with E-state index in [2.05, 4.69) is 52.3 Å². The Labute approximate surface area is 188 Å². The lowest BCUT2D eigenvalue weighted by Crippen LogP contribution is -2.39. The zero-order valence-electron chi connectivity index (χ0n) is 16.9. The molecule has 3 nitrogen and oxygen atoms in total. The molecule has 0 aliphatic carbocycles. The van der Waals surface area contributed by atoms with Crippen molar-refractivity contribution < 1.29 is 4.74 Å². The van der Waals surface area contributed by atoms with E-state index in [-0.39, 0.29) is 0 Å². The molecule has 0 saturated carbocycles. The average molecular weight is 441 g/mol. The van der Waals surface area contributed by atoms with E-state index in [4.69, 9.17) is 27.9 Å². The number of pyridine rings is 1. The van der Waals surface area contributed by atoms with E-state index in [0.29, 0.717) is 29.3 Å². The van der Waals surface area contributed by atoms with Gasteiger partial charge < -0.3 is 4.74 Å². The number of benzene rings is 2. The number of likely N-dealkylation sites (tertiary alicyclic amines) is 1. The molecule has 0 radical (unpaired) electrons. The fourth-order valence-corrected chi connectivity index (χ4v) is 4.49. The molecule has 0 amide bonds. The Hall–Kier alpha value is -2.07. The van der Waals surface area contributed by atoms with Crippen molar-refractivity contribution in [1.82, 2.24) is 9.88 Å². The second-order valence-electron chi connectivity index (χ2n) is 7.88. The number of piperidine rings is 1. The second kappa shape index (κ2) is 10.3. The van der Waals surface area contributed by atoms with Crippen LogP contribution in [0.3, 0.4) is 0 Å². The molecule has 3 aromatic rings. The van der Waals surface area contributed by atoms with Crippen molar-refractivity contribution in [2.24, 2.45) is 5.92 Å². The van der Waals surface area contributed by atoms with Gasteiger partial charge in [0.1, 0.15) is 0 Å². The molecule has 2 unspecified atom stereocenters. The van der Waals surface area contributed by atoms with Crippen LogP contribution in [0.15, 0.2) is 72.9 Å². The minimum Gasteiger partial charge on any atom is -0.478 e. The first-order valence-corrected chi connectivity index (χ1v) is 11.2. The van der Waals surface area contributed by atoms with Gasteiger partial charge in [0.15, 0.2) is 0 Å². The quantitative estimate of drug-likeness (QED) is 0.421. The minimum atomic E-state index is 0.460. The Morgan fingerprint density at radius 1 is 0.933 bits per heavy atom. The molecule has 0 spiro atoms. The van der Waals surface area contributed by atoms with Gasteiger partial charge in [0.25, 0.3) is 0 Å². The van der Waals surface area contributed by atoms with Crippen molar-refractivity contribution >= 4 is 23.2 Å². The Bertz CT molecular complexity index is 916. The number of halogens is 2. The first-order chi connectivity index (χ1) is 14.7. The van der Waals surface area contributed by atoms with Crippen LogP contribution < -0.4 is 4.74 Å². The maximum Gasteiger partial charge on any atom is 0.213 e. The van der Waals surface area contributed by atoms with Crippen LogP contribution in [0.25, 0.3) is 0 Å². The highest BCUT2D eigenvalue weighted by molar-refractivity contribution is 6.30. The topological polar surface area (TPSA) is 25.4 Å². The summed E-state index contributed by atoms with van der Waals surface area (Å²) in [5, 5.41) is 1.40. The molecule has 1 aliphatic heterocycles. The Kier molecular flexibility index (Phi) is 7.27. The van der Waals surface area contributed by atoms with Crippen LogP contribution in [-0.2, 0) is 6.54 Å². The van der Waals surface area contributed by atoms with E-state index >= 15 is 0 Å². The van der Waals surface area contributed by atoms with E-state index in [1.807, 2.05) is 24.3 Å². The summed E-state index contributed by atoms with van der Waals surface area (Å²) in [5.74, 6) is 1.65. The molecule has 1 fully saturated rings. The fraction of sp³-hybridized carbons (Fsp3) is 0.320. The highest BCUT2D eigenvalue weighted by Gasteiger charge is 2.30. The fourth-order valence-electron chi connectivity index (χ4n) is 4.25. The van der Waals surface area contributed by atoms with E-state index in [9.17, 15) is 0 Å². The number of nitrogens with zero attached hydrogens (tertiary/aromatic N) is 2. The zero-order valence-corrected chi connectivity index (χ0v) is 18.4. The van der Waals surface area contributed by atoms with Gasteiger partial charge >= 0.3 is 0 Å². The van der Waals surface area contributed by atoms with Crippen molar-refractivity contribution in [2.75, 3.05) is 19.7 Å². The lowest BCUT2D eigenvalue weighted by Gasteiger charge is -2.39. The monoisotopic (exact) mass is 440 g/mol. The standard InChI is InChI=1S/C25H26Cl2N2O/c26-22-8-6-20(7-9-22)24-18-29(17-19-4-2-1-3-5-19)14-12-21(24)13-15-30-25-11-10-23(27)16-28-25/h1-11,16,21,24H,12-15,17-18H2. The van der Waals surface area contributed by atoms with E-state index in [0.717, 1.165) is 37.5 Å². The molecule has 30 heavy (non-hydrogen) atoms. The SMILES string of the molecule is Clc1ccc(C2CN(Cc3ccccc3)CCC2CCOc2ccc(Cl)cn2)cc1. The maximum absolute atomic E-state index is 6.14. The van der Waals surface area contributed by atoms with E-state index in [1.165, 1.54) is 11.1 Å². The summed E-state index contributed by atoms with van der Waals surface area (Å²) < 4.78 is 5.89. The first kappa shape index (κ1) is 21.2. The highest BCUT2D eigenvalue weighted by atomic mass is 35.5. The largest absolute Gasteiger partial charge is 0.478 e. The third kappa shape index (κ3) is 5.75. The van der Waals surface area contributed by atoms with Gasteiger partial charge in [-0.15, -0.1) is 0 Å². The van der Waals surface area contributed by atoms with Crippen LogP contribution in [0, 0.1) is 5.92 Å². The molecule has 2 aromatic carbocycles. The summed E-state index contributed by atoms with van der Waals surface area (Å²) in [6.45, 7) is 3.79. The molecule has 1 aromatic heterocycles. The Balaban J connectivity index is 1.42. The number of ether oxygens (including phenoxy) is 1. The van der Waals surface area contributed by atoms with Crippen LogP contribution in [0.1, 0.15) is 29.9 Å². The third-order valence-corrected chi connectivity index (χ3v) is 6.30. The van der Waals surface area contributed by atoms with Gasteiger partial charge in [0, 0.05) is 30.4 Å². The second-order valence-corrected chi connectivity index (χ2v) is 8.75. The van der Waals surface area contributed by atoms with Gasteiger partial charge in [-0.05, 0) is 60.5 Å². The summed E-state index contributed by atoms with van der Waals surface area (Å²) in [6.07, 6.45) is 3.77. The molecule has 1 aliphatic rings. The third-order valence-electron chi connectivity index (χ3n) is 5.83. The van der Waals surface area contributed by atoms with Crippen LogP contribution in [0.2, 0.25) is 10.0 Å². The normalized spacial score (nSPS) is 19.5. The zero-order chi connectivity index (χ0) is 20.8. The molecule has 5 heteroatoms. The molecular weight excluding hydrogens is 415 g/mol. The lowest BCUT2D eigenvalue weighted by atomic mass is 9.79. The van der Waals surface area contributed by atoms with E-state index in [1.54, 1.807) is 6.20 Å².